The molecule has 0 aliphatic heterocycles. The summed E-state index contributed by atoms with van der Waals surface area (Å²) in [5.74, 6) is 1.23. The van der Waals surface area contributed by atoms with Gasteiger partial charge in [0.1, 0.15) is 5.69 Å². The zero-order valence-electron chi connectivity index (χ0n) is 10.9. The Kier molecular flexibility index (Phi) is 3.84. The third kappa shape index (κ3) is 2.63. The summed E-state index contributed by atoms with van der Waals surface area (Å²) in [6.45, 7) is 4.49. The fourth-order valence-corrected chi connectivity index (χ4v) is 2.74. The van der Waals surface area contributed by atoms with Crippen LogP contribution >= 0.6 is 0 Å². The lowest BCUT2D eigenvalue weighted by atomic mass is 9.78. The highest BCUT2D eigenvalue weighted by Crippen LogP contribution is 2.33. The second-order valence-corrected chi connectivity index (χ2v) is 5.29. The first-order chi connectivity index (χ1) is 8.59. The van der Waals surface area contributed by atoms with Gasteiger partial charge < -0.3 is 5.32 Å². The molecule has 1 saturated carbocycles. The molecule has 1 N–H and O–H groups in total. The molecule has 0 saturated heterocycles. The van der Waals surface area contributed by atoms with Gasteiger partial charge in [-0.05, 0) is 24.3 Å². The van der Waals surface area contributed by atoms with Crippen molar-refractivity contribution in [2.45, 2.75) is 39.2 Å². The average molecular weight is 248 g/mol. The number of anilines is 1. The third-order valence-electron chi connectivity index (χ3n) is 4.15. The fourth-order valence-electron chi connectivity index (χ4n) is 2.74. The van der Waals surface area contributed by atoms with Crippen molar-refractivity contribution in [2.75, 3.05) is 5.32 Å². The van der Waals surface area contributed by atoms with Crippen LogP contribution in [0.3, 0.4) is 0 Å². The number of nitrogens with one attached hydrogen (secondary N) is 1. The molecule has 1 aromatic carbocycles. The minimum absolute atomic E-state index is 0.169. The van der Waals surface area contributed by atoms with E-state index >= 15 is 0 Å². The van der Waals surface area contributed by atoms with E-state index in [2.05, 4.69) is 19.2 Å². The van der Waals surface area contributed by atoms with Crippen LogP contribution < -0.4 is 5.32 Å². The molecule has 18 heavy (non-hydrogen) atoms. The van der Waals surface area contributed by atoms with E-state index in [0.29, 0.717) is 23.6 Å². The minimum atomic E-state index is -0.320. The number of hydrogen-bond acceptors (Lipinski definition) is 3. The average Bonchev–Trinajstić information content (AvgIpc) is 2.35. The van der Waals surface area contributed by atoms with E-state index in [9.17, 15) is 10.1 Å². The molecule has 0 spiro atoms. The van der Waals surface area contributed by atoms with Crippen LogP contribution in [0.4, 0.5) is 11.4 Å². The summed E-state index contributed by atoms with van der Waals surface area (Å²) in [5.41, 5.74) is 0.816. The van der Waals surface area contributed by atoms with Crippen molar-refractivity contribution in [3.05, 3.63) is 34.4 Å². The van der Waals surface area contributed by atoms with E-state index in [1.165, 1.54) is 12.8 Å². The van der Waals surface area contributed by atoms with Crippen LogP contribution in [0.15, 0.2) is 24.3 Å². The molecule has 0 radical (unpaired) electrons. The van der Waals surface area contributed by atoms with Crippen molar-refractivity contribution in [1.29, 1.82) is 0 Å². The third-order valence-corrected chi connectivity index (χ3v) is 4.15. The summed E-state index contributed by atoms with van der Waals surface area (Å²) in [6.07, 6.45) is 3.55. The summed E-state index contributed by atoms with van der Waals surface area (Å²) in [5, 5.41) is 14.3. The monoisotopic (exact) mass is 248 g/mol. The first-order valence-corrected chi connectivity index (χ1v) is 6.59. The Balaban J connectivity index is 2.16. The summed E-state index contributed by atoms with van der Waals surface area (Å²) in [4.78, 5) is 10.7. The van der Waals surface area contributed by atoms with E-state index in [0.717, 1.165) is 6.42 Å². The Morgan fingerprint density at radius 1 is 1.28 bits per heavy atom. The number of hydrogen-bond donors (Lipinski definition) is 1. The number of nitro groups is 1. The second kappa shape index (κ2) is 5.38. The van der Waals surface area contributed by atoms with Crippen LogP contribution in [0.25, 0.3) is 0 Å². The minimum Gasteiger partial charge on any atom is -0.376 e. The normalized spacial score (nSPS) is 27.8. The van der Waals surface area contributed by atoms with Crippen LogP contribution in [0.2, 0.25) is 0 Å². The molecule has 98 valence electrons. The summed E-state index contributed by atoms with van der Waals surface area (Å²) in [7, 11) is 0. The van der Waals surface area contributed by atoms with Crippen molar-refractivity contribution in [2.24, 2.45) is 11.8 Å². The molecular formula is C14H20N2O2. The zero-order valence-corrected chi connectivity index (χ0v) is 10.9. The molecule has 0 unspecified atom stereocenters. The predicted octanol–water partition coefficient (Wildman–Crippen LogP) is 3.83. The number of benzene rings is 1. The molecule has 1 fully saturated rings. The maximum atomic E-state index is 11.0. The highest BCUT2D eigenvalue weighted by molar-refractivity contribution is 5.61. The first kappa shape index (κ1) is 12.9. The molecule has 2 rings (SSSR count). The topological polar surface area (TPSA) is 55.2 Å². The van der Waals surface area contributed by atoms with Gasteiger partial charge in [-0.1, -0.05) is 38.8 Å². The lowest BCUT2D eigenvalue weighted by molar-refractivity contribution is -0.384. The van der Waals surface area contributed by atoms with E-state index in [-0.39, 0.29) is 10.6 Å². The van der Waals surface area contributed by atoms with Gasteiger partial charge >= 0.3 is 0 Å². The van der Waals surface area contributed by atoms with Gasteiger partial charge in [0.2, 0.25) is 0 Å². The standard InChI is InChI=1S/C14H20N2O2/c1-10-6-5-8-12(11(10)2)15-13-7-3-4-9-14(13)16(17)18/h3-4,7,9-12,15H,5-6,8H2,1-2H3/t10-,11-,12+/m1/s1. The van der Waals surface area contributed by atoms with Gasteiger partial charge in [0.05, 0.1) is 4.92 Å². The molecule has 1 aliphatic carbocycles. The van der Waals surface area contributed by atoms with Crippen LogP contribution in [0.1, 0.15) is 33.1 Å². The fraction of sp³-hybridized carbons (Fsp3) is 0.571. The lowest BCUT2D eigenvalue weighted by Crippen LogP contribution is -2.35. The van der Waals surface area contributed by atoms with Crippen molar-refractivity contribution in [3.63, 3.8) is 0 Å². The molecule has 4 heteroatoms. The van der Waals surface area contributed by atoms with Crippen molar-refractivity contribution < 1.29 is 4.92 Å². The molecule has 0 bridgehead atoms. The summed E-state index contributed by atoms with van der Waals surface area (Å²) < 4.78 is 0. The predicted molar refractivity (Wildman–Crippen MR) is 72.7 cm³/mol. The SMILES string of the molecule is C[C@@H]1[C@H](C)CCC[C@@H]1Nc1ccccc1[N+](=O)[O-]. The Morgan fingerprint density at radius 2 is 2.00 bits per heavy atom. The van der Waals surface area contributed by atoms with Gasteiger partial charge in [-0.3, -0.25) is 10.1 Å². The first-order valence-electron chi connectivity index (χ1n) is 6.59. The molecule has 3 atom stereocenters. The van der Waals surface area contributed by atoms with E-state index in [1.54, 1.807) is 18.2 Å². The van der Waals surface area contributed by atoms with Crippen molar-refractivity contribution in [1.82, 2.24) is 0 Å². The molecule has 0 amide bonds. The van der Waals surface area contributed by atoms with Gasteiger partial charge in [0.15, 0.2) is 0 Å². The maximum absolute atomic E-state index is 11.0. The molecular weight excluding hydrogens is 228 g/mol. The number of nitro benzene ring substituents is 1. The molecule has 4 nitrogen and oxygen atoms in total. The lowest BCUT2D eigenvalue weighted by Gasteiger charge is -2.35. The Hall–Kier alpha value is -1.58. The molecule has 1 aliphatic rings. The van der Waals surface area contributed by atoms with Crippen molar-refractivity contribution >= 4 is 11.4 Å². The van der Waals surface area contributed by atoms with Gasteiger partial charge in [-0.15, -0.1) is 0 Å². The van der Waals surface area contributed by atoms with Gasteiger partial charge in [0.25, 0.3) is 5.69 Å². The smallest absolute Gasteiger partial charge is 0.292 e. The highest BCUT2D eigenvalue weighted by Gasteiger charge is 2.28. The van der Waals surface area contributed by atoms with Crippen molar-refractivity contribution in [3.8, 4) is 0 Å². The summed E-state index contributed by atoms with van der Waals surface area (Å²) >= 11 is 0. The molecule has 0 aromatic heterocycles. The quantitative estimate of drug-likeness (QED) is 0.653. The maximum Gasteiger partial charge on any atom is 0.292 e. The van der Waals surface area contributed by atoms with E-state index in [4.69, 9.17) is 0 Å². The van der Waals surface area contributed by atoms with Crippen LogP contribution in [-0.4, -0.2) is 11.0 Å². The van der Waals surface area contributed by atoms with Crippen LogP contribution in [0.5, 0.6) is 0 Å². The molecule has 1 aromatic rings. The highest BCUT2D eigenvalue weighted by atomic mass is 16.6. The largest absolute Gasteiger partial charge is 0.376 e. The van der Waals surface area contributed by atoms with Crippen LogP contribution in [-0.2, 0) is 0 Å². The number of rotatable bonds is 3. The Bertz CT molecular complexity index is 434. The van der Waals surface area contributed by atoms with Crippen LogP contribution in [0, 0.1) is 22.0 Å². The molecule has 0 heterocycles. The van der Waals surface area contributed by atoms with Gasteiger partial charge in [-0.25, -0.2) is 0 Å². The Morgan fingerprint density at radius 3 is 2.72 bits per heavy atom. The number of nitrogens with zero attached hydrogens (tertiary/aromatic N) is 1. The van der Waals surface area contributed by atoms with E-state index < -0.39 is 0 Å². The second-order valence-electron chi connectivity index (χ2n) is 5.29. The summed E-state index contributed by atoms with van der Waals surface area (Å²) in [6, 6.07) is 7.24. The van der Waals surface area contributed by atoms with E-state index in [1.807, 2.05) is 6.07 Å². The van der Waals surface area contributed by atoms with Gasteiger partial charge in [0, 0.05) is 12.1 Å². The Labute approximate surface area is 108 Å². The zero-order chi connectivity index (χ0) is 13.1. The van der Waals surface area contributed by atoms with Gasteiger partial charge in [-0.2, -0.15) is 0 Å². The number of para-hydroxylation sites is 2.